The summed E-state index contributed by atoms with van der Waals surface area (Å²) >= 11 is 0. The second kappa shape index (κ2) is 4.96. The van der Waals surface area contributed by atoms with Crippen molar-refractivity contribution in [2.75, 3.05) is 0 Å². The third-order valence-electron chi connectivity index (χ3n) is 3.06. The number of carbonyl (C=O) groups is 1. The van der Waals surface area contributed by atoms with Crippen LogP contribution in [0, 0.1) is 11.8 Å². The van der Waals surface area contributed by atoms with Crippen molar-refractivity contribution in [1.82, 2.24) is 0 Å². The number of hydrogen-bond donors (Lipinski definition) is 2. The van der Waals surface area contributed by atoms with Gasteiger partial charge in [0.2, 0.25) is 5.91 Å². The summed E-state index contributed by atoms with van der Waals surface area (Å²) in [5.41, 5.74) is 11.4. The van der Waals surface area contributed by atoms with E-state index in [1.807, 2.05) is 6.21 Å². The molecule has 0 saturated carbocycles. The van der Waals surface area contributed by atoms with Crippen molar-refractivity contribution in [3.05, 3.63) is 11.4 Å². The Morgan fingerprint density at radius 3 is 2.87 bits per heavy atom. The fraction of sp³-hybridized carbons (Fsp3) is 0.636. The molecule has 0 bridgehead atoms. The maximum atomic E-state index is 11.1. The number of hydrogen-bond acceptors (Lipinski definition) is 3. The van der Waals surface area contributed by atoms with Crippen molar-refractivity contribution in [2.24, 2.45) is 28.3 Å². The fourth-order valence-corrected chi connectivity index (χ4v) is 1.87. The molecular formula is C11H19N3O. The Morgan fingerprint density at radius 1 is 1.67 bits per heavy atom. The number of aliphatic imine (C=N–C) groups is 1. The second-order valence-electron chi connectivity index (χ2n) is 4.09. The Kier molecular flexibility index (Phi) is 3.88. The first-order valence-electron chi connectivity index (χ1n) is 5.38. The zero-order valence-electron chi connectivity index (χ0n) is 9.36. The van der Waals surface area contributed by atoms with Gasteiger partial charge < -0.3 is 11.5 Å². The third-order valence-corrected chi connectivity index (χ3v) is 3.06. The minimum atomic E-state index is -0.452. The van der Waals surface area contributed by atoms with Gasteiger partial charge in [-0.1, -0.05) is 13.8 Å². The minimum absolute atomic E-state index is 0.285. The van der Waals surface area contributed by atoms with Crippen molar-refractivity contribution < 1.29 is 4.79 Å². The second-order valence-corrected chi connectivity index (χ2v) is 4.09. The summed E-state index contributed by atoms with van der Waals surface area (Å²) in [6.45, 7) is 4.30. The van der Waals surface area contributed by atoms with Crippen LogP contribution in [0.25, 0.3) is 0 Å². The van der Waals surface area contributed by atoms with E-state index in [2.05, 4.69) is 18.8 Å². The van der Waals surface area contributed by atoms with Gasteiger partial charge in [0.05, 0.1) is 5.57 Å². The molecule has 0 spiro atoms. The molecule has 1 aliphatic rings. The molecule has 2 unspecified atom stereocenters. The van der Waals surface area contributed by atoms with E-state index in [1.54, 1.807) is 0 Å². The molecule has 2 atom stereocenters. The molecule has 1 aliphatic heterocycles. The summed E-state index contributed by atoms with van der Waals surface area (Å²) in [6, 6.07) is 0. The van der Waals surface area contributed by atoms with Crippen LogP contribution in [0.3, 0.4) is 0 Å². The van der Waals surface area contributed by atoms with E-state index < -0.39 is 5.91 Å². The summed E-state index contributed by atoms with van der Waals surface area (Å²) in [7, 11) is 0. The molecule has 0 aromatic carbocycles. The molecule has 1 heterocycles. The molecule has 15 heavy (non-hydrogen) atoms. The maximum absolute atomic E-state index is 11.1. The zero-order chi connectivity index (χ0) is 11.4. The van der Waals surface area contributed by atoms with Crippen LogP contribution in [-0.2, 0) is 4.79 Å². The van der Waals surface area contributed by atoms with Crippen LogP contribution >= 0.6 is 0 Å². The maximum Gasteiger partial charge on any atom is 0.248 e. The van der Waals surface area contributed by atoms with Crippen LogP contribution in [-0.4, -0.2) is 12.1 Å². The van der Waals surface area contributed by atoms with Crippen molar-refractivity contribution in [1.29, 1.82) is 0 Å². The van der Waals surface area contributed by atoms with Gasteiger partial charge in [0.25, 0.3) is 0 Å². The van der Waals surface area contributed by atoms with Gasteiger partial charge in [0, 0.05) is 6.21 Å². The van der Waals surface area contributed by atoms with Crippen LogP contribution in [0.1, 0.15) is 33.1 Å². The molecule has 0 aliphatic carbocycles. The highest BCUT2D eigenvalue weighted by atomic mass is 16.1. The Labute approximate surface area is 90.4 Å². The Bertz CT molecular complexity index is 307. The number of carbonyl (C=O) groups excluding carboxylic acids is 1. The monoisotopic (exact) mass is 209 g/mol. The van der Waals surface area contributed by atoms with E-state index in [-0.39, 0.29) is 5.82 Å². The average Bonchev–Trinajstić information content (AvgIpc) is 2.16. The van der Waals surface area contributed by atoms with Crippen molar-refractivity contribution in [3.63, 3.8) is 0 Å². The van der Waals surface area contributed by atoms with Gasteiger partial charge >= 0.3 is 0 Å². The predicted molar refractivity (Wildman–Crippen MR) is 61.1 cm³/mol. The van der Waals surface area contributed by atoms with Gasteiger partial charge in [-0.3, -0.25) is 4.79 Å². The molecule has 0 fully saturated rings. The van der Waals surface area contributed by atoms with Crippen molar-refractivity contribution in [2.45, 2.75) is 33.1 Å². The first kappa shape index (κ1) is 11.8. The van der Waals surface area contributed by atoms with E-state index in [4.69, 9.17) is 11.5 Å². The summed E-state index contributed by atoms with van der Waals surface area (Å²) < 4.78 is 0. The number of primary amides is 1. The topological polar surface area (TPSA) is 81.5 Å². The molecule has 0 radical (unpaired) electrons. The predicted octanol–water partition coefficient (Wildman–Crippen LogP) is 1.17. The first-order chi connectivity index (χ1) is 7.06. The van der Waals surface area contributed by atoms with Crippen LogP contribution in [0.4, 0.5) is 0 Å². The van der Waals surface area contributed by atoms with Gasteiger partial charge in [-0.15, -0.1) is 0 Å². The van der Waals surface area contributed by atoms with E-state index in [9.17, 15) is 4.79 Å². The third kappa shape index (κ3) is 2.81. The first-order valence-corrected chi connectivity index (χ1v) is 5.38. The molecule has 0 aromatic rings. The fourth-order valence-electron chi connectivity index (χ4n) is 1.87. The van der Waals surface area contributed by atoms with Crippen LogP contribution in [0.15, 0.2) is 16.4 Å². The molecule has 84 valence electrons. The number of amides is 1. The summed E-state index contributed by atoms with van der Waals surface area (Å²) in [5, 5.41) is 0. The van der Waals surface area contributed by atoms with E-state index >= 15 is 0 Å². The Hall–Kier alpha value is -1.32. The smallest absolute Gasteiger partial charge is 0.248 e. The van der Waals surface area contributed by atoms with Crippen molar-refractivity contribution in [3.8, 4) is 0 Å². The van der Waals surface area contributed by atoms with E-state index in [1.165, 1.54) is 0 Å². The quantitative estimate of drug-likeness (QED) is 0.715. The molecule has 1 rings (SSSR count). The van der Waals surface area contributed by atoms with Gasteiger partial charge in [0.1, 0.15) is 5.82 Å². The Balaban J connectivity index is 2.94. The standard InChI is InChI=1S/C11H19N3O/c1-3-8-6-14-10(12)9(11(13)15)5-4-7(8)2/h6-8H,3-5,12H2,1-2H3,(H2,13,15)/b10-9+,14-6?. The normalized spacial score (nSPS) is 32.1. The van der Waals surface area contributed by atoms with Crippen LogP contribution in [0.2, 0.25) is 0 Å². The minimum Gasteiger partial charge on any atom is -0.383 e. The lowest BCUT2D eigenvalue weighted by molar-refractivity contribution is -0.114. The molecule has 4 nitrogen and oxygen atoms in total. The highest BCUT2D eigenvalue weighted by Crippen LogP contribution is 2.24. The number of rotatable bonds is 2. The SMILES string of the molecule is CCC1C=N/C(N)=C(/C(N)=O)CCC1C. The zero-order valence-corrected chi connectivity index (χ0v) is 9.36. The summed E-state index contributed by atoms with van der Waals surface area (Å²) in [6.07, 6.45) is 4.46. The van der Waals surface area contributed by atoms with Crippen molar-refractivity contribution >= 4 is 12.1 Å². The molecular weight excluding hydrogens is 190 g/mol. The highest BCUT2D eigenvalue weighted by Gasteiger charge is 2.19. The lowest BCUT2D eigenvalue weighted by Gasteiger charge is -2.21. The lowest BCUT2D eigenvalue weighted by Crippen LogP contribution is -2.22. The summed E-state index contributed by atoms with van der Waals surface area (Å²) in [4.78, 5) is 15.2. The average molecular weight is 209 g/mol. The number of nitrogens with zero attached hydrogens (tertiary/aromatic N) is 1. The molecule has 0 saturated heterocycles. The Morgan fingerprint density at radius 2 is 2.33 bits per heavy atom. The molecule has 4 heteroatoms. The van der Waals surface area contributed by atoms with Gasteiger partial charge in [-0.05, 0) is 31.1 Å². The number of nitrogens with two attached hydrogens (primary N) is 2. The van der Waals surface area contributed by atoms with E-state index in [0.717, 1.165) is 12.8 Å². The molecule has 0 aromatic heterocycles. The molecule has 4 N–H and O–H groups in total. The van der Waals surface area contributed by atoms with Crippen LogP contribution in [0.5, 0.6) is 0 Å². The van der Waals surface area contributed by atoms with Gasteiger partial charge in [-0.25, -0.2) is 4.99 Å². The van der Waals surface area contributed by atoms with Gasteiger partial charge in [0.15, 0.2) is 0 Å². The molecule has 1 amide bonds. The summed E-state index contributed by atoms with van der Waals surface area (Å²) in [5.74, 6) is 0.791. The van der Waals surface area contributed by atoms with Gasteiger partial charge in [-0.2, -0.15) is 0 Å². The lowest BCUT2D eigenvalue weighted by atomic mass is 9.87. The van der Waals surface area contributed by atoms with Crippen LogP contribution < -0.4 is 11.5 Å². The van der Waals surface area contributed by atoms with E-state index in [0.29, 0.717) is 23.8 Å². The largest absolute Gasteiger partial charge is 0.383 e. The highest BCUT2D eigenvalue weighted by molar-refractivity contribution is 5.92.